The third kappa shape index (κ3) is 4.71. The van der Waals surface area contributed by atoms with E-state index in [1.165, 1.54) is 6.08 Å². The summed E-state index contributed by atoms with van der Waals surface area (Å²) in [6.45, 7) is 5.81. The van der Waals surface area contributed by atoms with Gasteiger partial charge in [0.15, 0.2) is 11.5 Å². The van der Waals surface area contributed by atoms with Crippen LogP contribution in [0.3, 0.4) is 0 Å². The number of fused-ring (bicyclic) bond motifs is 1. The molecule has 0 bridgehead atoms. The summed E-state index contributed by atoms with van der Waals surface area (Å²) in [7, 11) is 1.59. The van der Waals surface area contributed by atoms with Crippen LogP contribution in [0.4, 0.5) is 0 Å². The number of hydrogen-bond donors (Lipinski definition) is 2. The van der Waals surface area contributed by atoms with Gasteiger partial charge in [-0.3, -0.25) is 4.79 Å². The summed E-state index contributed by atoms with van der Waals surface area (Å²) in [5.41, 5.74) is 2.68. The summed E-state index contributed by atoms with van der Waals surface area (Å²) in [6.07, 6.45) is 3.29. The molecule has 2 aromatic carbocycles. The van der Waals surface area contributed by atoms with Gasteiger partial charge in [-0.05, 0) is 56.7 Å². The Morgan fingerprint density at radius 3 is 2.64 bits per heavy atom. The topological polar surface area (TPSA) is 76.2 Å². The van der Waals surface area contributed by atoms with E-state index in [0.717, 1.165) is 22.4 Å². The Balaban J connectivity index is 1.65. The molecule has 3 rings (SSSR count). The van der Waals surface area contributed by atoms with Crippen molar-refractivity contribution in [1.82, 2.24) is 15.3 Å². The molecule has 0 saturated carbocycles. The second kappa shape index (κ2) is 8.61. The summed E-state index contributed by atoms with van der Waals surface area (Å²) in [5, 5.41) is 2.92. The van der Waals surface area contributed by atoms with E-state index >= 15 is 0 Å². The van der Waals surface area contributed by atoms with Crippen LogP contribution >= 0.6 is 0 Å². The van der Waals surface area contributed by atoms with E-state index in [-0.39, 0.29) is 18.1 Å². The molecule has 1 unspecified atom stereocenters. The number of amides is 1. The normalized spacial score (nSPS) is 12.5. The van der Waals surface area contributed by atoms with Crippen molar-refractivity contribution in [2.75, 3.05) is 7.11 Å². The third-order valence-electron chi connectivity index (χ3n) is 4.15. The number of rotatable bonds is 7. The lowest BCUT2D eigenvalue weighted by molar-refractivity contribution is -0.117. The number of nitrogens with zero attached hydrogens (tertiary/aromatic N) is 1. The van der Waals surface area contributed by atoms with Crippen LogP contribution in [0, 0.1) is 0 Å². The molecule has 1 aromatic heterocycles. The number of ether oxygens (including phenoxy) is 2. The van der Waals surface area contributed by atoms with E-state index in [1.54, 1.807) is 13.2 Å². The number of aromatic nitrogens is 2. The lowest BCUT2D eigenvalue weighted by Crippen LogP contribution is -2.25. The van der Waals surface area contributed by atoms with E-state index in [1.807, 2.05) is 63.2 Å². The van der Waals surface area contributed by atoms with Crippen LogP contribution in [-0.4, -0.2) is 29.1 Å². The van der Waals surface area contributed by atoms with Crippen LogP contribution < -0.4 is 14.8 Å². The van der Waals surface area contributed by atoms with Gasteiger partial charge in [-0.1, -0.05) is 18.2 Å². The molecular formula is C22H25N3O3. The highest BCUT2D eigenvalue weighted by molar-refractivity contribution is 5.92. The van der Waals surface area contributed by atoms with Crippen LogP contribution in [-0.2, 0) is 4.79 Å². The number of hydrogen-bond acceptors (Lipinski definition) is 4. The van der Waals surface area contributed by atoms with Gasteiger partial charge in [0, 0.05) is 6.08 Å². The Hall–Kier alpha value is -3.28. The number of aromatic amines is 1. The molecule has 0 fully saturated rings. The zero-order valence-corrected chi connectivity index (χ0v) is 16.5. The summed E-state index contributed by atoms with van der Waals surface area (Å²) in [5.74, 6) is 1.83. The SMILES string of the molecule is COc1cc(/C=C/C(=O)NC(C)c2nc3ccccc3[nH]2)ccc1OC(C)C. The Labute approximate surface area is 164 Å². The number of H-pyrrole nitrogens is 1. The lowest BCUT2D eigenvalue weighted by atomic mass is 10.2. The summed E-state index contributed by atoms with van der Waals surface area (Å²) in [6, 6.07) is 13.1. The van der Waals surface area contributed by atoms with Gasteiger partial charge in [0.25, 0.3) is 0 Å². The molecule has 6 nitrogen and oxygen atoms in total. The van der Waals surface area contributed by atoms with Crippen molar-refractivity contribution in [1.29, 1.82) is 0 Å². The molecule has 3 aromatic rings. The number of methoxy groups -OCH3 is 1. The lowest BCUT2D eigenvalue weighted by Gasteiger charge is -2.13. The molecule has 2 N–H and O–H groups in total. The minimum absolute atomic E-state index is 0.0563. The highest BCUT2D eigenvalue weighted by Crippen LogP contribution is 2.29. The molecule has 1 atom stereocenters. The van der Waals surface area contributed by atoms with E-state index in [0.29, 0.717) is 11.5 Å². The van der Waals surface area contributed by atoms with Gasteiger partial charge < -0.3 is 19.8 Å². The van der Waals surface area contributed by atoms with E-state index < -0.39 is 0 Å². The smallest absolute Gasteiger partial charge is 0.244 e. The Kier molecular flexibility index (Phi) is 5.99. The molecule has 0 spiro atoms. The van der Waals surface area contributed by atoms with Crippen molar-refractivity contribution in [3.05, 3.63) is 59.9 Å². The monoisotopic (exact) mass is 379 g/mol. The van der Waals surface area contributed by atoms with Gasteiger partial charge in [-0.25, -0.2) is 4.98 Å². The van der Waals surface area contributed by atoms with Gasteiger partial charge in [-0.2, -0.15) is 0 Å². The first-order chi connectivity index (χ1) is 13.5. The van der Waals surface area contributed by atoms with Gasteiger partial charge in [0.2, 0.25) is 5.91 Å². The average Bonchev–Trinajstić information content (AvgIpc) is 3.11. The van der Waals surface area contributed by atoms with E-state index in [2.05, 4.69) is 15.3 Å². The van der Waals surface area contributed by atoms with Crippen LogP contribution in [0.25, 0.3) is 17.1 Å². The summed E-state index contributed by atoms with van der Waals surface area (Å²) >= 11 is 0. The molecule has 0 aliphatic heterocycles. The maximum Gasteiger partial charge on any atom is 0.244 e. The number of carbonyl (C=O) groups excluding carboxylic acids is 1. The third-order valence-corrected chi connectivity index (χ3v) is 4.15. The minimum atomic E-state index is -0.235. The first-order valence-electron chi connectivity index (χ1n) is 9.24. The van der Waals surface area contributed by atoms with Gasteiger partial charge in [-0.15, -0.1) is 0 Å². The molecule has 0 aliphatic carbocycles. The molecule has 6 heteroatoms. The van der Waals surface area contributed by atoms with Crippen LogP contribution in [0.15, 0.2) is 48.5 Å². The molecular weight excluding hydrogens is 354 g/mol. The number of carbonyl (C=O) groups is 1. The highest BCUT2D eigenvalue weighted by atomic mass is 16.5. The average molecular weight is 379 g/mol. The van der Waals surface area contributed by atoms with Crippen molar-refractivity contribution < 1.29 is 14.3 Å². The first-order valence-corrected chi connectivity index (χ1v) is 9.24. The number of nitrogens with one attached hydrogen (secondary N) is 2. The Morgan fingerprint density at radius 1 is 1.14 bits per heavy atom. The van der Waals surface area contributed by atoms with E-state index in [9.17, 15) is 4.79 Å². The molecule has 0 aliphatic rings. The molecule has 1 heterocycles. The summed E-state index contributed by atoms with van der Waals surface area (Å²) < 4.78 is 11.1. The van der Waals surface area contributed by atoms with Crippen LogP contribution in [0.2, 0.25) is 0 Å². The van der Waals surface area contributed by atoms with Gasteiger partial charge >= 0.3 is 0 Å². The largest absolute Gasteiger partial charge is 0.493 e. The zero-order valence-electron chi connectivity index (χ0n) is 16.5. The van der Waals surface area contributed by atoms with Crippen molar-refractivity contribution >= 4 is 23.0 Å². The predicted octanol–water partition coefficient (Wildman–Crippen LogP) is 4.25. The number of imidazole rings is 1. The molecule has 146 valence electrons. The first kappa shape index (κ1) is 19.5. The van der Waals surface area contributed by atoms with Crippen molar-refractivity contribution in [3.8, 4) is 11.5 Å². The Bertz CT molecular complexity index is 959. The second-order valence-corrected chi connectivity index (χ2v) is 6.78. The molecule has 28 heavy (non-hydrogen) atoms. The fourth-order valence-electron chi connectivity index (χ4n) is 2.82. The van der Waals surface area contributed by atoms with Crippen molar-refractivity contribution in [2.45, 2.75) is 32.9 Å². The highest BCUT2D eigenvalue weighted by Gasteiger charge is 2.12. The predicted molar refractivity (Wildman–Crippen MR) is 110 cm³/mol. The van der Waals surface area contributed by atoms with Gasteiger partial charge in [0.1, 0.15) is 5.82 Å². The quantitative estimate of drug-likeness (QED) is 0.602. The molecule has 0 saturated heterocycles. The Morgan fingerprint density at radius 2 is 1.93 bits per heavy atom. The maximum absolute atomic E-state index is 12.3. The fourth-order valence-corrected chi connectivity index (χ4v) is 2.82. The minimum Gasteiger partial charge on any atom is -0.493 e. The number of para-hydroxylation sites is 2. The van der Waals surface area contributed by atoms with Crippen molar-refractivity contribution in [2.24, 2.45) is 0 Å². The van der Waals surface area contributed by atoms with Crippen molar-refractivity contribution in [3.63, 3.8) is 0 Å². The second-order valence-electron chi connectivity index (χ2n) is 6.78. The summed E-state index contributed by atoms with van der Waals surface area (Å²) in [4.78, 5) is 20.0. The zero-order chi connectivity index (χ0) is 20.1. The fraction of sp³-hybridized carbons (Fsp3) is 0.273. The number of benzene rings is 2. The van der Waals surface area contributed by atoms with Gasteiger partial charge in [0.05, 0.1) is 30.3 Å². The molecule has 1 amide bonds. The van der Waals surface area contributed by atoms with Crippen LogP contribution in [0.1, 0.15) is 38.2 Å². The maximum atomic E-state index is 12.3. The molecule has 0 radical (unpaired) electrons. The van der Waals surface area contributed by atoms with E-state index in [4.69, 9.17) is 9.47 Å². The van der Waals surface area contributed by atoms with Crippen LogP contribution in [0.5, 0.6) is 11.5 Å². The standard InChI is InChI=1S/C22H25N3O3/c1-14(2)28-19-11-9-16(13-20(19)27-4)10-12-21(26)23-15(3)22-24-17-7-5-6-8-18(17)25-22/h5-15H,1-4H3,(H,23,26)(H,24,25)/b12-10+.